The Morgan fingerprint density at radius 2 is 0.469 bits per heavy atom. The van der Waals surface area contributed by atoms with E-state index in [1.807, 2.05) is 0 Å². The van der Waals surface area contributed by atoms with Crippen LogP contribution in [0.2, 0.25) is 0 Å². The molecule has 13 heteroatoms. The van der Waals surface area contributed by atoms with Crippen molar-refractivity contribution >= 4 is 23.9 Å². The van der Waals surface area contributed by atoms with Gasteiger partial charge in [-0.2, -0.15) is 0 Å². The van der Waals surface area contributed by atoms with E-state index in [9.17, 15) is 29.4 Å². The molecule has 0 aliphatic rings. The summed E-state index contributed by atoms with van der Waals surface area (Å²) < 4.78 is 22.5. The lowest BCUT2D eigenvalue weighted by Crippen LogP contribution is -2.39. The lowest BCUT2D eigenvalue weighted by Gasteiger charge is -2.25. The van der Waals surface area contributed by atoms with Crippen molar-refractivity contribution in [3.63, 3.8) is 0 Å². The Morgan fingerprint density at radius 3 is 0.704 bits per heavy atom. The van der Waals surface area contributed by atoms with Crippen molar-refractivity contribution < 1.29 is 48.3 Å². The minimum Gasteiger partial charge on any atom is -0.466 e. The first-order chi connectivity index (χ1) is 48.1. The number of esters is 4. The zero-order valence-electron chi connectivity index (χ0n) is 65.8. The van der Waals surface area contributed by atoms with E-state index < -0.39 is 12.2 Å². The Kier molecular flexibility index (Phi) is 76.9. The fourth-order valence-corrected chi connectivity index (χ4v) is 13.6. The number of nitrogens with zero attached hydrogens (tertiary/aromatic N) is 1. The molecule has 0 aromatic rings. The molecule has 13 nitrogen and oxygen atoms in total. The first-order valence-electron chi connectivity index (χ1n) is 43.2. The van der Waals surface area contributed by atoms with Crippen LogP contribution in [0.1, 0.15) is 426 Å². The van der Waals surface area contributed by atoms with Crippen LogP contribution in [0.3, 0.4) is 0 Å². The molecular formula is C85H167N3O10. The lowest BCUT2D eigenvalue weighted by molar-refractivity contribution is -0.144. The van der Waals surface area contributed by atoms with E-state index in [0.717, 1.165) is 155 Å². The minimum absolute atomic E-state index is 0.0821. The number of ether oxygens (including phenoxy) is 4. The predicted molar refractivity (Wildman–Crippen MR) is 415 cm³/mol. The number of unbranched alkanes of at least 4 members (excludes halogenated alkanes) is 46. The van der Waals surface area contributed by atoms with Crippen LogP contribution in [0.5, 0.6) is 0 Å². The third kappa shape index (κ3) is 72.0. The highest BCUT2D eigenvalue weighted by atomic mass is 16.5. The molecule has 0 aliphatic carbocycles. The maximum Gasteiger partial charge on any atom is 0.305 e. The van der Waals surface area contributed by atoms with Crippen molar-refractivity contribution in [1.29, 1.82) is 0 Å². The van der Waals surface area contributed by atoms with Crippen LogP contribution in [-0.2, 0) is 38.1 Å². The van der Waals surface area contributed by atoms with E-state index in [0.29, 0.717) is 78.0 Å². The molecular weight excluding hydrogens is 1220 g/mol. The van der Waals surface area contributed by atoms with Gasteiger partial charge in [-0.15, -0.1) is 0 Å². The molecule has 4 unspecified atom stereocenters. The van der Waals surface area contributed by atoms with E-state index in [2.05, 4.69) is 50.3 Å². The number of aliphatic hydroxyl groups is 2. The van der Waals surface area contributed by atoms with E-state index in [4.69, 9.17) is 18.9 Å². The summed E-state index contributed by atoms with van der Waals surface area (Å²) in [6, 6.07) is 0. The summed E-state index contributed by atoms with van der Waals surface area (Å²) in [5, 5.41) is 30.5. The Morgan fingerprint density at radius 1 is 0.276 bits per heavy atom. The lowest BCUT2D eigenvalue weighted by atomic mass is 9.92. The second kappa shape index (κ2) is 78.8. The molecule has 0 aromatic carbocycles. The molecule has 0 rings (SSSR count). The van der Waals surface area contributed by atoms with Crippen molar-refractivity contribution in [1.82, 2.24) is 15.5 Å². The summed E-state index contributed by atoms with van der Waals surface area (Å²) >= 11 is 0. The summed E-state index contributed by atoms with van der Waals surface area (Å²) in [7, 11) is 2.14. The molecule has 0 aromatic heterocycles. The summed E-state index contributed by atoms with van der Waals surface area (Å²) in [5.41, 5.74) is 0. The quantitative estimate of drug-likeness (QED) is 0.0258. The SMILES string of the molecule is CCCCCCCCCCCCCC(=O)OCCCCCC(O)C(CCCCOC(=O)CCCCCCCCCCCCC)CNCCN(C)CCNCC(CCCCOC(=O)CCCCCCCCCCCCC)C(O)CCCCCOC(=O)CCCCCCCCCCCCC. The van der Waals surface area contributed by atoms with Crippen molar-refractivity contribution in [2.24, 2.45) is 11.8 Å². The summed E-state index contributed by atoms with van der Waals surface area (Å²) in [5.74, 6) is -0.176. The van der Waals surface area contributed by atoms with Gasteiger partial charge in [0.25, 0.3) is 0 Å². The standard InChI is InChI=1S/C85H167N3O10/c1-6-10-14-18-22-26-30-34-38-42-50-64-82(91)95-72-56-46-48-62-80(89)78(60-54-58-74-97-84(93)66-52-44-40-36-32-28-24-20-16-12-8-3)76-86-68-70-88(5)71-69-87-77-79(61-55-59-75-98-85(94)67-53-45-41-37-33-29-25-21-17-13-9-4)81(90)63-49-47-57-73-96-83(92)65-51-43-39-35-31-27-23-19-15-11-7-2/h78-81,86-87,89-90H,6-77H2,1-5H3. The van der Waals surface area contributed by atoms with Crippen LogP contribution in [-0.4, -0.2) is 124 Å². The first kappa shape index (κ1) is 95.7. The Balaban J connectivity index is 5.09. The molecule has 0 radical (unpaired) electrons. The van der Waals surface area contributed by atoms with Crippen LogP contribution in [0.25, 0.3) is 0 Å². The molecule has 98 heavy (non-hydrogen) atoms. The number of carbonyl (C=O) groups is 4. The van der Waals surface area contributed by atoms with Crippen molar-refractivity contribution in [3.8, 4) is 0 Å². The van der Waals surface area contributed by atoms with Crippen LogP contribution >= 0.6 is 0 Å². The average Bonchev–Trinajstić information content (AvgIpc) is 2.33. The van der Waals surface area contributed by atoms with Gasteiger partial charge in [-0.3, -0.25) is 19.2 Å². The van der Waals surface area contributed by atoms with Gasteiger partial charge in [0.1, 0.15) is 0 Å². The summed E-state index contributed by atoms with van der Waals surface area (Å²) in [6.45, 7) is 15.5. The third-order valence-electron chi connectivity index (χ3n) is 20.5. The summed E-state index contributed by atoms with van der Waals surface area (Å²) in [6.07, 6.45) is 68.1. The average molecular weight is 1390 g/mol. The number of hydrogen-bond acceptors (Lipinski definition) is 13. The molecule has 0 saturated carbocycles. The zero-order chi connectivity index (χ0) is 71.4. The summed E-state index contributed by atoms with van der Waals surface area (Å²) in [4.78, 5) is 52.4. The molecule has 4 N–H and O–H groups in total. The first-order valence-corrected chi connectivity index (χ1v) is 43.2. The Bertz CT molecular complexity index is 1540. The fourth-order valence-electron chi connectivity index (χ4n) is 13.6. The second-order valence-electron chi connectivity index (χ2n) is 30.1. The zero-order valence-corrected chi connectivity index (χ0v) is 65.8. The van der Waals surface area contributed by atoms with E-state index in [1.165, 1.54) is 231 Å². The van der Waals surface area contributed by atoms with Gasteiger partial charge in [-0.1, -0.05) is 297 Å². The number of carbonyl (C=O) groups excluding carboxylic acids is 4. The number of rotatable bonds is 82. The predicted octanol–water partition coefficient (Wildman–Crippen LogP) is 22.5. The highest BCUT2D eigenvalue weighted by Gasteiger charge is 2.21. The third-order valence-corrected chi connectivity index (χ3v) is 20.5. The molecule has 0 heterocycles. The Labute approximate surface area is 607 Å². The smallest absolute Gasteiger partial charge is 0.305 e. The van der Waals surface area contributed by atoms with E-state index in [1.54, 1.807) is 0 Å². The van der Waals surface area contributed by atoms with Crippen LogP contribution in [0.4, 0.5) is 0 Å². The van der Waals surface area contributed by atoms with Crippen LogP contribution in [0.15, 0.2) is 0 Å². The molecule has 0 saturated heterocycles. The van der Waals surface area contributed by atoms with E-state index >= 15 is 0 Å². The molecule has 0 spiro atoms. The van der Waals surface area contributed by atoms with Gasteiger partial charge in [-0.25, -0.2) is 0 Å². The van der Waals surface area contributed by atoms with Gasteiger partial charge in [0.05, 0.1) is 38.6 Å². The van der Waals surface area contributed by atoms with Crippen molar-refractivity contribution in [2.75, 3.05) is 72.7 Å². The van der Waals surface area contributed by atoms with Crippen molar-refractivity contribution in [3.05, 3.63) is 0 Å². The van der Waals surface area contributed by atoms with Crippen LogP contribution in [0, 0.1) is 11.8 Å². The van der Waals surface area contributed by atoms with E-state index in [-0.39, 0.29) is 35.7 Å². The molecule has 0 amide bonds. The number of aliphatic hydroxyl groups excluding tert-OH is 2. The second-order valence-corrected chi connectivity index (χ2v) is 30.1. The van der Waals surface area contributed by atoms with Gasteiger partial charge in [0, 0.05) is 65.0 Å². The minimum atomic E-state index is -0.447. The Hall–Kier alpha value is -2.32. The fraction of sp³-hybridized carbons (Fsp3) is 0.953. The normalized spacial score (nSPS) is 12.9. The van der Waals surface area contributed by atoms with Gasteiger partial charge in [-0.05, 0) is 122 Å². The highest BCUT2D eigenvalue weighted by molar-refractivity contribution is 5.70. The molecule has 582 valence electrons. The largest absolute Gasteiger partial charge is 0.466 e. The number of hydrogen-bond donors (Lipinski definition) is 4. The van der Waals surface area contributed by atoms with Gasteiger partial charge in [0.2, 0.25) is 0 Å². The molecule has 0 bridgehead atoms. The molecule has 4 atom stereocenters. The molecule has 0 aliphatic heterocycles. The highest BCUT2D eigenvalue weighted by Crippen LogP contribution is 2.22. The van der Waals surface area contributed by atoms with Gasteiger partial charge >= 0.3 is 23.9 Å². The molecule has 0 fully saturated rings. The maximum atomic E-state index is 12.6. The maximum absolute atomic E-state index is 12.6. The monoisotopic (exact) mass is 1390 g/mol. The topological polar surface area (TPSA) is 173 Å². The van der Waals surface area contributed by atoms with Crippen LogP contribution < -0.4 is 10.6 Å². The van der Waals surface area contributed by atoms with Gasteiger partial charge < -0.3 is 44.7 Å². The van der Waals surface area contributed by atoms with Gasteiger partial charge in [0.15, 0.2) is 0 Å². The van der Waals surface area contributed by atoms with Crippen molar-refractivity contribution in [2.45, 2.75) is 438 Å². The number of likely N-dealkylation sites (N-methyl/N-ethyl adjacent to an activating group) is 1. The number of nitrogens with one attached hydrogen (secondary N) is 2.